The molecule has 2 atom stereocenters. The first-order valence-electron chi connectivity index (χ1n) is 7.23. The first kappa shape index (κ1) is 14.8. The summed E-state index contributed by atoms with van der Waals surface area (Å²) < 4.78 is 0. The number of carbonyl (C=O) groups is 1. The molecule has 1 aromatic heterocycles. The standard InChI is InChI=1S/C15H22N2O3/c1-10-7-12(8-14(19)16-10)15(20)17-13-6-4-2-3-5-11(13)9-18/h7-8,11,13,18H,2-6,9H2,1H3,(H,16,19)(H,17,20). The van der Waals surface area contributed by atoms with Crippen LogP contribution in [0.15, 0.2) is 16.9 Å². The molecule has 1 heterocycles. The van der Waals surface area contributed by atoms with Gasteiger partial charge < -0.3 is 15.4 Å². The fraction of sp³-hybridized carbons (Fsp3) is 0.600. The molecular formula is C15H22N2O3. The van der Waals surface area contributed by atoms with Crippen molar-refractivity contribution in [3.8, 4) is 0 Å². The summed E-state index contributed by atoms with van der Waals surface area (Å²) in [6, 6.07) is 2.98. The maximum Gasteiger partial charge on any atom is 0.251 e. The Labute approximate surface area is 118 Å². The Morgan fingerprint density at radius 3 is 2.80 bits per heavy atom. The Balaban J connectivity index is 2.10. The van der Waals surface area contributed by atoms with Crippen molar-refractivity contribution in [2.75, 3.05) is 6.61 Å². The number of hydrogen-bond donors (Lipinski definition) is 3. The van der Waals surface area contributed by atoms with E-state index >= 15 is 0 Å². The minimum atomic E-state index is -0.269. The number of carbonyl (C=O) groups excluding carboxylic acids is 1. The van der Waals surface area contributed by atoms with Crippen LogP contribution in [-0.2, 0) is 0 Å². The van der Waals surface area contributed by atoms with E-state index in [1.54, 1.807) is 13.0 Å². The quantitative estimate of drug-likeness (QED) is 0.730. The molecule has 0 aliphatic heterocycles. The van der Waals surface area contributed by atoms with Crippen LogP contribution in [0, 0.1) is 12.8 Å². The average Bonchev–Trinajstić information content (AvgIpc) is 2.62. The van der Waals surface area contributed by atoms with E-state index in [0.717, 1.165) is 32.1 Å². The van der Waals surface area contributed by atoms with Crippen LogP contribution in [0.1, 0.15) is 48.2 Å². The lowest BCUT2D eigenvalue weighted by molar-refractivity contribution is 0.0899. The van der Waals surface area contributed by atoms with Gasteiger partial charge in [-0.1, -0.05) is 19.3 Å². The van der Waals surface area contributed by atoms with Crippen LogP contribution < -0.4 is 10.9 Å². The van der Waals surface area contributed by atoms with Crippen molar-refractivity contribution in [1.29, 1.82) is 0 Å². The highest BCUT2D eigenvalue weighted by atomic mass is 16.3. The van der Waals surface area contributed by atoms with Gasteiger partial charge in [-0.25, -0.2) is 0 Å². The number of aryl methyl sites for hydroxylation is 1. The number of rotatable bonds is 3. The van der Waals surface area contributed by atoms with Gasteiger partial charge in [0.25, 0.3) is 5.91 Å². The third-order valence-corrected chi connectivity index (χ3v) is 3.95. The molecule has 0 bridgehead atoms. The second-order valence-corrected chi connectivity index (χ2v) is 5.58. The predicted octanol–water partition coefficient (Wildman–Crippen LogP) is 1.35. The monoisotopic (exact) mass is 278 g/mol. The van der Waals surface area contributed by atoms with E-state index in [4.69, 9.17) is 0 Å². The number of pyridine rings is 1. The molecule has 0 saturated heterocycles. The van der Waals surface area contributed by atoms with Gasteiger partial charge in [-0.05, 0) is 25.8 Å². The van der Waals surface area contributed by atoms with E-state index in [0.29, 0.717) is 11.3 Å². The minimum Gasteiger partial charge on any atom is -0.396 e. The van der Waals surface area contributed by atoms with Gasteiger partial charge in [0.05, 0.1) is 0 Å². The van der Waals surface area contributed by atoms with Crippen LogP contribution in [0.5, 0.6) is 0 Å². The Bertz CT molecular complexity index is 524. The molecule has 5 heteroatoms. The second kappa shape index (κ2) is 6.70. The molecular weight excluding hydrogens is 256 g/mol. The van der Waals surface area contributed by atoms with E-state index < -0.39 is 0 Å². The Hall–Kier alpha value is -1.62. The number of hydrogen-bond acceptors (Lipinski definition) is 3. The van der Waals surface area contributed by atoms with E-state index in [1.165, 1.54) is 6.07 Å². The molecule has 5 nitrogen and oxygen atoms in total. The predicted molar refractivity (Wildman–Crippen MR) is 76.7 cm³/mol. The highest BCUT2D eigenvalue weighted by Gasteiger charge is 2.25. The molecule has 3 N–H and O–H groups in total. The number of aliphatic hydroxyl groups is 1. The maximum absolute atomic E-state index is 12.2. The van der Waals surface area contributed by atoms with Crippen molar-refractivity contribution in [1.82, 2.24) is 10.3 Å². The van der Waals surface area contributed by atoms with Gasteiger partial charge in [-0.3, -0.25) is 9.59 Å². The SMILES string of the molecule is Cc1cc(C(=O)NC2CCCCCC2CO)cc(=O)[nH]1. The fourth-order valence-electron chi connectivity index (χ4n) is 2.86. The first-order valence-corrected chi connectivity index (χ1v) is 7.23. The van der Waals surface area contributed by atoms with Gasteiger partial charge >= 0.3 is 0 Å². The van der Waals surface area contributed by atoms with Crippen molar-refractivity contribution in [3.63, 3.8) is 0 Å². The molecule has 1 aliphatic rings. The highest BCUT2D eigenvalue weighted by molar-refractivity contribution is 5.94. The van der Waals surface area contributed by atoms with E-state index in [1.807, 2.05) is 0 Å². The average molecular weight is 278 g/mol. The van der Waals surface area contributed by atoms with E-state index in [9.17, 15) is 14.7 Å². The molecule has 110 valence electrons. The molecule has 1 saturated carbocycles. The molecule has 0 aromatic carbocycles. The van der Waals surface area contributed by atoms with Crippen LogP contribution in [0.2, 0.25) is 0 Å². The molecule has 20 heavy (non-hydrogen) atoms. The summed E-state index contributed by atoms with van der Waals surface area (Å²) in [5, 5.41) is 12.4. The number of H-pyrrole nitrogens is 1. The number of aromatic nitrogens is 1. The zero-order valence-corrected chi connectivity index (χ0v) is 11.8. The summed E-state index contributed by atoms with van der Waals surface area (Å²) in [5.74, 6) is -0.117. The summed E-state index contributed by atoms with van der Waals surface area (Å²) >= 11 is 0. The molecule has 2 unspecified atom stereocenters. The number of nitrogens with one attached hydrogen (secondary N) is 2. The third-order valence-electron chi connectivity index (χ3n) is 3.95. The van der Waals surface area contributed by atoms with Crippen LogP contribution in [-0.4, -0.2) is 28.6 Å². The summed E-state index contributed by atoms with van der Waals surface area (Å²) in [5.41, 5.74) is 0.782. The van der Waals surface area contributed by atoms with Gasteiger partial charge in [-0.2, -0.15) is 0 Å². The summed E-state index contributed by atoms with van der Waals surface area (Å²) in [6.07, 6.45) is 5.14. The van der Waals surface area contributed by atoms with Gasteiger partial charge in [0.2, 0.25) is 5.56 Å². The fourth-order valence-corrected chi connectivity index (χ4v) is 2.86. The van der Waals surface area contributed by atoms with E-state index in [2.05, 4.69) is 10.3 Å². The van der Waals surface area contributed by atoms with Crippen LogP contribution in [0.4, 0.5) is 0 Å². The maximum atomic E-state index is 12.2. The van der Waals surface area contributed by atoms with Crippen LogP contribution in [0.3, 0.4) is 0 Å². The zero-order chi connectivity index (χ0) is 14.5. The normalized spacial score (nSPS) is 23.1. The minimum absolute atomic E-state index is 0.00501. The lowest BCUT2D eigenvalue weighted by Gasteiger charge is -2.24. The lowest BCUT2D eigenvalue weighted by atomic mass is 9.95. The zero-order valence-electron chi connectivity index (χ0n) is 11.8. The number of aliphatic hydroxyl groups excluding tert-OH is 1. The topological polar surface area (TPSA) is 82.2 Å². The number of aromatic amines is 1. The molecule has 2 rings (SSSR count). The van der Waals surface area contributed by atoms with Crippen molar-refractivity contribution in [3.05, 3.63) is 33.7 Å². The first-order chi connectivity index (χ1) is 9.60. The summed E-state index contributed by atoms with van der Waals surface area (Å²) in [4.78, 5) is 26.3. The lowest BCUT2D eigenvalue weighted by Crippen LogP contribution is -2.41. The third kappa shape index (κ3) is 3.70. The van der Waals surface area contributed by atoms with Gasteiger partial charge in [-0.15, -0.1) is 0 Å². The van der Waals surface area contributed by atoms with Crippen molar-refractivity contribution < 1.29 is 9.90 Å². The molecule has 1 amide bonds. The van der Waals surface area contributed by atoms with Crippen molar-refractivity contribution >= 4 is 5.91 Å². The molecule has 1 fully saturated rings. The van der Waals surface area contributed by atoms with Gasteiger partial charge in [0.15, 0.2) is 0 Å². The van der Waals surface area contributed by atoms with Crippen molar-refractivity contribution in [2.45, 2.75) is 45.1 Å². The molecule has 0 spiro atoms. The van der Waals surface area contributed by atoms with E-state index in [-0.39, 0.29) is 30.0 Å². The van der Waals surface area contributed by atoms with Crippen LogP contribution in [0.25, 0.3) is 0 Å². The van der Waals surface area contributed by atoms with Crippen LogP contribution >= 0.6 is 0 Å². The number of amides is 1. The summed E-state index contributed by atoms with van der Waals surface area (Å²) in [6.45, 7) is 1.85. The van der Waals surface area contributed by atoms with Gasteiger partial charge in [0.1, 0.15) is 0 Å². The Morgan fingerprint density at radius 2 is 2.10 bits per heavy atom. The Kier molecular flexibility index (Phi) is 4.95. The molecule has 1 aliphatic carbocycles. The molecule has 0 radical (unpaired) electrons. The Morgan fingerprint density at radius 1 is 1.35 bits per heavy atom. The molecule has 1 aromatic rings. The van der Waals surface area contributed by atoms with Gasteiger partial charge in [0, 0.05) is 35.9 Å². The summed E-state index contributed by atoms with van der Waals surface area (Å²) in [7, 11) is 0. The smallest absolute Gasteiger partial charge is 0.251 e. The largest absolute Gasteiger partial charge is 0.396 e. The second-order valence-electron chi connectivity index (χ2n) is 5.58. The highest BCUT2D eigenvalue weighted by Crippen LogP contribution is 2.23. The van der Waals surface area contributed by atoms with Crippen molar-refractivity contribution in [2.24, 2.45) is 5.92 Å².